The van der Waals surface area contributed by atoms with E-state index in [-0.39, 0.29) is 24.5 Å². The third-order valence-corrected chi connectivity index (χ3v) is 5.07. The van der Waals surface area contributed by atoms with Crippen molar-refractivity contribution in [3.05, 3.63) is 54.4 Å². The van der Waals surface area contributed by atoms with Gasteiger partial charge in [-0.25, -0.2) is 4.98 Å². The minimum absolute atomic E-state index is 0.0874. The second-order valence-corrected chi connectivity index (χ2v) is 7.72. The largest absolute Gasteiger partial charge is 0.484 e. The number of carbonyl (C=O) groups is 1. The predicted octanol–water partition coefficient (Wildman–Crippen LogP) is 2.66. The predicted molar refractivity (Wildman–Crippen MR) is 116 cm³/mol. The van der Waals surface area contributed by atoms with Crippen LogP contribution in [0.15, 0.2) is 48.5 Å². The zero-order chi connectivity index (χ0) is 22.0. The molecule has 1 amide bonds. The molecule has 4 rings (SSSR count). The van der Waals surface area contributed by atoms with Crippen LogP contribution in [-0.2, 0) is 18.9 Å². The van der Waals surface area contributed by atoms with Crippen molar-refractivity contribution in [2.75, 3.05) is 6.61 Å². The highest BCUT2D eigenvalue weighted by molar-refractivity contribution is 5.79. The molecular formula is C22H25N7O2. The molecule has 0 saturated carbocycles. The number of aryl methyl sites for hydroxylation is 2. The zero-order valence-corrected chi connectivity index (χ0v) is 18.0. The lowest BCUT2D eigenvalue weighted by molar-refractivity contribution is -0.124. The van der Waals surface area contributed by atoms with Gasteiger partial charge < -0.3 is 14.6 Å². The number of rotatable bonds is 7. The molecule has 0 fully saturated rings. The fourth-order valence-corrected chi connectivity index (χ4v) is 3.44. The maximum Gasteiger partial charge on any atom is 0.258 e. The molecule has 0 saturated heterocycles. The average Bonchev–Trinajstić information content (AvgIpc) is 3.34. The van der Waals surface area contributed by atoms with E-state index in [1.165, 1.54) is 4.80 Å². The van der Waals surface area contributed by atoms with E-state index in [1.807, 2.05) is 48.0 Å². The van der Waals surface area contributed by atoms with E-state index in [4.69, 9.17) is 9.72 Å². The van der Waals surface area contributed by atoms with Crippen molar-refractivity contribution >= 4 is 16.9 Å². The molecule has 0 aliphatic rings. The van der Waals surface area contributed by atoms with Gasteiger partial charge in [-0.05, 0) is 47.5 Å². The SMILES string of the molecule is CC(C)[C@H](NC(=O)COc1ccc(-c2nnn(C)n2)cc1)c1nc2ccccc2n1C. The van der Waals surface area contributed by atoms with Crippen LogP contribution in [0.2, 0.25) is 0 Å². The Morgan fingerprint density at radius 2 is 1.84 bits per heavy atom. The smallest absolute Gasteiger partial charge is 0.258 e. The Labute approximate surface area is 180 Å². The summed E-state index contributed by atoms with van der Waals surface area (Å²) in [6, 6.07) is 14.9. The molecule has 2 heterocycles. The first-order valence-corrected chi connectivity index (χ1v) is 10.1. The molecule has 0 aliphatic carbocycles. The van der Waals surface area contributed by atoms with Crippen LogP contribution in [0, 0.1) is 5.92 Å². The summed E-state index contributed by atoms with van der Waals surface area (Å²) in [6.45, 7) is 4.03. The summed E-state index contributed by atoms with van der Waals surface area (Å²) in [6.07, 6.45) is 0. The summed E-state index contributed by atoms with van der Waals surface area (Å²) in [7, 11) is 3.68. The van der Waals surface area contributed by atoms with E-state index in [9.17, 15) is 4.79 Å². The summed E-state index contributed by atoms with van der Waals surface area (Å²) in [5, 5.41) is 15.0. The van der Waals surface area contributed by atoms with Gasteiger partial charge in [-0.15, -0.1) is 10.2 Å². The van der Waals surface area contributed by atoms with Crippen molar-refractivity contribution < 1.29 is 9.53 Å². The average molecular weight is 419 g/mol. The van der Waals surface area contributed by atoms with Crippen LogP contribution in [0.5, 0.6) is 5.75 Å². The quantitative estimate of drug-likeness (QED) is 0.494. The van der Waals surface area contributed by atoms with Crippen LogP contribution < -0.4 is 10.1 Å². The van der Waals surface area contributed by atoms with E-state index in [0.717, 1.165) is 22.4 Å². The number of hydrogen-bond acceptors (Lipinski definition) is 6. The molecule has 2 aromatic heterocycles. The van der Waals surface area contributed by atoms with Crippen LogP contribution >= 0.6 is 0 Å². The van der Waals surface area contributed by atoms with Crippen LogP contribution in [-0.4, -0.2) is 42.3 Å². The minimum Gasteiger partial charge on any atom is -0.484 e. The molecule has 160 valence electrons. The zero-order valence-electron chi connectivity index (χ0n) is 18.0. The number of imidazole rings is 1. The van der Waals surface area contributed by atoms with Crippen molar-refractivity contribution in [1.82, 2.24) is 35.1 Å². The van der Waals surface area contributed by atoms with E-state index in [0.29, 0.717) is 11.6 Å². The molecule has 31 heavy (non-hydrogen) atoms. The van der Waals surface area contributed by atoms with Crippen LogP contribution in [0.25, 0.3) is 22.4 Å². The number of ether oxygens (including phenoxy) is 1. The molecule has 0 aliphatic heterocycles. The Morgan fingerprint density at radius 1 is 1.10 bits per heavy atom. The summed E-state index contributed by atoms with van der Waals surface area (Å²) in [5.74, 6) is 1.91. The lowest BCUT2D eigenvalue weighted by Crippen LogP contribution is -2.36. The summed E-state index contributed by atoms with van der Waals surface area (Å²) >= 11 is 0. The highest BCUT2D eigenvalue weighted by atomic mass is 16.5. The molecule has 1 atom stereocenters. The number of hydrogen-bond donors (Lipinski definition) is 1. The van der Waals surface area contributed by atoms with Gasteiger partial charge in [0, 0.05) is 12.6 Å². The first-order valence-electron chi connectivity index (χ1n) is 10.1. The van der Waals surface area contributed by atoms with E-state index < -0.39 is 0 Å². The Kier molecular flexibility index (Phi) is 5.66. The normalized spacial score (nSPS) is 12.3. The van der Waals surface area contributed by atoms with E-state index >= 15 is 0 Å². The maximum atomic E-state index is 12.6. The number of amides is 1. The number of nitrogens with zero attached hydrogens (tertiary/aromatic N) is 6. The van der Waals surface area contributed by atoms with E-state index in [2.05, 4.69) is 34.6 Å². The number of tetrazole rings is 1. The van der Waals surface area contributed by atoms with Gasteiger partial charge in [0.2, 0.25) is 5.82 Å². The highest BCUT2D eigenvalue weighted by Crippen LogP contribution is 2.25. The number of benzene rings is 2. The lowest BCUT2D eigenvalue weighted by atomic mass is 10.0. The molecule has 2 aromatic carbocycles. The monoisotopic (exact) mass is 419 g/mol. The number of aromatic nitrogens is 6. The van der Waals surface area contributed by atoms with Gasteiger partial charge in [-0.1, -0.05) is 26.0 Å². The second-order valence-electron chi connectivity index (χ2n) is 7.72. The highest BCUT2D eigenvalue weighted by Gasteiger charge is 2.24. The van der Waals surface area contributed by atoms with Gasteiger partial charge in [-0.3, -0.25) is 4.79 Å². The Balaban J connectivity index is 1.41. The third-order valence-electron chi connectivity index (χ3n) is 5.07. The number of fused-ring (bicyclic) bond motifs is 1. The minimum atomic E-state index is -0.224. The fourth-order valence-electron chi connectivity index (χ4n) is 3.44. The van der Waals surface area contributed by atoms with Crippen LogP contribution in [0.3, 0.4) is 0 Å². The number of carbonyl (C=O) groups excluding carboxylic acids is 1. The van der Waals surface area contributed by atoms with Gasteiger partial charge in [0.15, 0.2) is 6.61 Å². The summed E-state index contributed by atoms with van der Waals surface area (Å²) < 4.78 is 7.70. The molecular weight excluding hydrogens is 394 g/mol. The van der Waals surface area contributed by atoms with Gasteiger partial charge >= 0.3 is 0 Å². The van der Waals surface area contributed by atoms with Crippen molar-refractivity contribution in [1.29, 1.82) is 0 Å². The maximum absolute atomic E-state index is 12.6. The molecule has 0 bridgehead atoms. The fraction of sp³-hybridized carbons (Fsp3) is 0.318. The Morgan fingerprint density at radius 3 is 2.48 bits per heavy atom. The molecule has 1 N–H and O–H groups in total. The second kappa shape index (κ2) is 8.55. The van der Waals surface area contributed by atoms with Crippen molar-refractivity contribution in [3.8, 4) is 17.1 Å². The number of nitrogens with one attached hydrogen (secondary N) is 1. The lowest BCUT2D eigenvalue weighted by Gasteiger charge is -2.22. The number of para-hydroxylation sites is 2. The van der Waals surface area contributed by atoms with Crippen LogP contribution in [0.4, 0.5) is 0 Å². The third kappa shape index (κ3) is 4.40. The molecule has 9 nitrogen and oxygen atoms in total. The topological polar surface area (TPSA) is 99.8 Å². The van der Waals surface area contributed by atoms with Crippen LogP contribution in [0.1, 0.15) is 25.7 Å². The van der Waals surface area contributed by atoms with Gasteiger partial charge in [-0.2, -0.15) is 4.80 Å². The van der Waals surface area contributed by atoms with E-state index in [1.54, 1.807) is 19.2 Å². The van der Waals surface area contributed by atoms with Gasteiger partial charge in [0.25, 0.3) is 5.91 Å². The standard InChI is InChI=1S/C22H25N7O2/c1-14(2)20(22-23-17-7-5-6-8-18(17)28(22)3)24-19(30)13-31-16-11-9-15(10-12-16)21-25-27-29(4)26-21/h5-12,14,20H,13H2,1-4H3,(H,24,30)/t20-/m0/s1. The van der Waals surface area contributed by atoms with Crippen molar-refractivity contribution in [2.24, 2.45) is 20.0 Å². The summed E-state index contributed by atoms with van der Waals surface area (Å²) in [5.41, 5.74) is 2.77. The van der Waals surface area contributed by atoms with Crippen molar-refractivity contribution in [2.45, 2.75) is 19.9 Å². The van der Waals surface area contributed by atoms with Gasteiger partial charge in [0.05, 0.1) is 24.1 Å². The molecule has 0 spiro atoms. The molecule has 0 unspecified atom stereocenters. The molecule has 0 radical (unpaired) electrons. The first-order chi connectivity index (χ1) is 14.9. The first kappa shape index (κ1) is 20.5. The Bertz CT molecular complexity index is 1190. The Hall–Kier alpha value is -3.75. The molecule has 9 heteroatoms. The molecule has 4 aromatic rings. The summed E-state index contributed by atoms with van der Waals surface area (Å²) in [4.78, 5) is 18.8. The van der Waals surface area contributed by atoms with Crippen molar-refractivity contribution in [3.63, 3.8) is 0 Å². The van der Waals surface area contributed by atoms with Gasteiger partial charge in [0.1, 0.15) is 11.6 Å².